The fourth-order valence-corrected chi connectivity index (χ4v) is 5.51. The van der Waals surface area contributed by atoms with Gasteiger partial charge in [-0.25, -0.2) is 8.91 Å². The molecule has 10 heteroatoms. The van der Waals surface area contributed by atoms with Crippen molar-refractivity contribution in [2.75, 3.05) is 10.6 Å². The highest BCUT2D eigenvalue weighted by Crippen LogP contribution is 2.37. The quantitative estimate of drug-likeness (QED) is 0.213. The maximum absolute atomic E-state index is 13.9. The first-order chi connectivity index (χ1) is 18.9. The van der Waals surface area contributed by atoms with Gasteiger partial charge in [0.05, 0.1) is 16.6 Å². The lowest BCUT2D eigenvalue weighted by molar-refractivity contribution is 0.102. The third-order valence-electron chi connectivity index (χ3n) is 6.88. The number of anilines is 2. The van der Waals surface area contributed by atoms with Crippen LogP contribution >= 0.6 is 34.8 Å². The minimum atomic E-state index is -0.351. The van der Waals surface area contributed by atoms with Gasteiger partial charge in [0.15, 0.2) is 5.82 Å². The van der Waals surface area contributed by atoms with Crippen molar-refractivity contribution in [3.05, 3.63) is 105 Å². The molecule has 0 aliphatic carbocycles. The van der Waals surface area contributed by atoms with Crippen LogP contribution in [0.2, 0.25) is 15.1 Å². The molecule has 2 aromatic heterocycles. The molecule has 1 amide bonds. The van der Waals surface area contributed by atoms with Crippen molar-refractivity contribution < 1.29 is 9.18 Å². The molecule has 3 aromatic carbocycles. The van der Waals surface area contributed by atoms with E-state index in [0.29, 0.717) is 33.0 Å². The molecule has 0 radical (unpaired) electrons. The molecule has 198 valence electrons. The summed E-state index contributed by atoms with van der Waals surface area (Å²) in [5.74, 6) is 0.113. The number of nitrogens with zero attached hydrogens (tertiary/aromatic N) is 3. The standard InChI is InChI=1S/C29H23Cl3FN5O/c30-18-6-10-20(11-7-18)34-16-25-36-38-27(28(39)35-21-12-13-23(31)24(32)15-21)26(17-4-8-19(33)9-5-17)22-3-1-2-14-37(25)29(22)38/h4-13,15,34H,1-3,14,16H2,(H,35,39). The fraction of sp³-hybridized carbons (Fsp3) is 0.172. The van der Waals surface area contributed by atoms with E-state index in [1.807, 2.05) is 24.3 Å². The van der Waals surface area contributed by atoms with E-state index >= 15 is 0 Å². The second-order valence-corrected chi connectivity index (χ2v) is 10.7. The molecule has 0 bridgehead atoms. The highest BCUT2D eigenvalue weighted by Gasteiger charge is 2.30. The zero-order valence-electron chi connectivity index (χ0n) is 20.6. The molecule has 0 unspecified atom stereocenters. The Morgan fingerprint density at radius 2 is 1.67 bits per heavy atom. The summed E-state index contributed by atoms with van der Waals surface area (Å²) in [5, 5.41) is 12.7. The molecule has 1 aliphatic rings. The highest BCUT2D eigenvalue weighted by atomic mass is 35.5. The van der Waals surface area contributed by atoms with Crippen LogP contribution < -0.4 is 10.6 Å². The van der Waals surface area contributed by atoms with Gasteiger partial charge in [0, 0.05) is 34.1 Å². The van der Waals surface area contributed by atoms with Crippen LogP contribution in [-0.2, 0) is 19.5 Å². The van der Waals surface area contributed by atoms with Crippen LogP contribution in [0.1, 0.15) is 34.7 Å². The number of benzene rings is 3. The lowest BCUT2D eigenvalue weighted by Crippen LogP contribution is -2.16. The smallest absolute Gasteiger partial charge is 0.275 e. The van der Waals surface area contributed by atoms with E-state index in [1.54, 1.807) is 34.8 Å². The van der Waals surface area contributed by atoms with Crippen LogP contribution in [0.15, 0.2) is 66.7 Å². The highest BCUT2D eigenvalue weighted by molar-refractivity contribution is 6.42. The molecular formula is C29H23Cl3FN5O. The van der Waals surface area contributed by atoms with Gasteiger partial charge in [0.25, 0.3) is 5.91 Å². The zero-order chi connectivity index (χ0) is 27.1. The van der Waals surface area contributed by atoms with Crippen LogP contribution in [0.3, 0.4) is 0 Å². The molecule has 0 saturated carbocycles. The number of amides is 1. The number of hydrogen-bond donors (Lipinski definition) is 2. The first-order valence-corrected chi connectivity index (χ1v) is 13.7. The van der Waals surface area contributed by atoms with Crippen molar-refractivity contribution in [2.45, 2.75) is 32.4 Å². The van der Waals surface area contributed by atoms with E-state index in [0.717, 1.165) is 59.7 Å². The average Bonchev–Trinajstić information content (AvgIpc) is 3.32. The van der Waals surface area contributed by atoms with E-state index in [4.69, 9.17) is 39.9 Å². The molecule has 2 N–H and O–H groups in total. The zero-order valence-corrected chi connectivity index (χ0v) is 22.9. The van der Waals surface area contributed by atoms with Gasteiger partial charge in [-0.2, -0.15) is 5.10 Å². The van der Waals surface area contributed by atoms with Crippen LogP contribution in [0.25, 0.3) is 16.8 Å². The fourth-order valence-electron chi connectivity index (χ4n) is 5.09. The van der Waals surface area contributed by atoms with Crippen LogP contribution in [0.5, 0.6) is 0 Å². The molecule has 39 heavy (non-hydrogen) atoms. The maximum Gasteiger partial charge on any atom is 0.275 e. The summed E-state index contributed by atoms with van der Waals surface area (Å²) in [4.78, 5) is 13.9. The Morgan fingerprint density at radius 3 is 2.41 bits per heavy atom. The molecular weight excluding hydrogens is 560 g/mol. The molecule has 3 heterocycles. The van der Waals surface area contributed by atoms with Gasteiger partial charge in [0.1, 0.15) is 17.2 Å². The summed E-state index contributed by atoms with van der Waals surface area (Å²) in [6.07, 6.45) is 2.70. The molecule has 6 nitrogen and oxygen atoms in total. The number of carbonyl (C=O) groups is 1. The molecule has 0 fully saturated rings. The Labute approximate surface area is 239 Å². The van der Waals surface area contributed by atoms with Crippen LogP contribution in [-0.4, -0.2) is 20.1 Å². The predicted octanol–water partition coefficient (Wildman–Crippen LogP) is 8.10. The van der Waals surface area contributed by atoms with E-state index < -0.39 is 0 Å². The summed E-state index contributed by atoms with van der Waals surface area (Å²) in [6, 6.07) is 18.6. The van der Waals surface area contributed by atoms with Crippen molar-refractivity contribution in [2.24, 2.45) is 0 Å². The van der Waals surface area contributed by atoms with Gasteiger partial charge >= 0.3 is 0 Å². The Bertz CT molecular complexity index is 1690. The van der Waals surface area contributed by atoms with Crippen molar-refractivity contribution >= 4 is 57.7 Å². The van der Waals surface area contributed by atoms with Gasteiger partial charge in [-0.05, 0) is 79.4 Å². The summed E-state index contributed by atoms with van der Waals surface area (Å²) in [5.41, 5.74) is 5.20. The summed E-state index contributed by atoms with van der Waals surface area (Å²) in [6.45, 7) is 1.23. The SMILES string of the molecule is O=C(Nc1ccc(Cl)c(Cl)c1)c1c(-c2ccc(F)cc2)c2c3n(c(CNc4ccc(Cl)cc4)nn13)CCCC2. The lowest BCUT2D eigenvalue weighted by atomic mass is 9.97. The molecule has 5 aromatic rings. The maximum atomic E-state index is 13.9. The van der Waals surface area contributed by atoms with E-state index in [9.17, 15) is 9.18 Å². The van der Waals surface area contributed by atoms with E-state index in [1.165, 1.54) is 12.1 Å². The average molecular weight is 583 g/mol. The first-order valence-electron chi connectivity index (χ1n) is 12.5. The van der Waals surface area contributed by atoms with Gasteiger partial charge in [-0.1, -0.05) is 46.9 Å². The monoisotopic (exact) mass is 581 g/mol. The second-order valence-electron chi connectivity index (χ2n) is 9.41. The molecule has 0 atom stereocenters. The first kappa shape index (κ1) is 25.7. The predicted molar refractivity (Wildman–Crippen MR) is 155 cm³/mol. The molecule has 1 aliphatic heterocycles. The van der Waals surface area contributed by atoms with Crippen LogP contribution in [0, 0.1) is 5.82 Å². The molecule has 6 rings (SSSR count). The normalized spacial score (nSPS) is 12.9. The van der Waals surface area contributed by atoms with Crippen molar-refractivity contribution in [1.82, 2.24) is 14.2 Å². The number of rotatable bonds is 6. The Balaban J connectivity index is 1.48. The van der Waals surface area contributed by atoms with Gasteiger partial charge in [0.2, 0.25) is 0 Å². The number of aromatic nitrogens is 3. The van der Waals surface area contributed by atoms with Crippen molar-refractivity contribution in [3.8, 4) is 11.1 Å². The minimum absolute atomic E-state index is 0.337. The number of nitrogens with one attached hydrogen (secondary N) is 2. The largest absolute Gasteiger partial charge is 0.378 e. The molecule has 0 spiro atoms. The number of carbonyl (C=O) groups excluding carboxylic acids is 1. The second kappa shape index (κ2) is 10.6. The minimum Gasteiger partial charge on any atom is -0.378 e. The third-order valence-corrected chi connectivity index (χ3v) is 7.87. The topological polar surface area (TPSA) is 63.4 Å². The third kappa shape index (κ3) is 4.98. The van der Waals surface area contributed by atoms with E-state index in [2.05, 4.69) is 15.2 Å². The van der Waals surface area contributed by atoms with Gasteiger partial charge in [-0.3, -0.25) is 4.79 Å². The Kier molecular flexibility index (Phi) is 6.97. The lowest BCUT2D eigenvalue weighted by Gasteiger charge is -2.10. The van der Waals surface area contributed by atoms with Crippen molar-refractivity contribution in [3.63, 3.8) is 0 Å². The Hall–Kier alpha value is -3.52. The summed E-state index contributed by atoms with van der Waals surface area (Å²) < 4.78 is 17.7. The number of hydrogen-bond acceptors (Lipinski definition) is 3. The molecule has 0 saturated heterocycles. The van der Waals surface area contributed by atoms with Gasteiger partial charge in [-0.15, -0.1) is 0 Å². The summed E-state index contributed by atoms with van der Waals surface area (Å²) >= 11 is 18.3. The van der Waals surface area contributed by atoms with E-state index in [-0.39, 0.29) is 11.7 Å². The van der Waals surface area contributed by atoms with Crippen LogP contribution in [0.4, 0.5) is 15.8 Å². The summed E-state index contributed by atoms with van der Waals surface area (Å²) in [7, 11) is 0. The van der Waals surface area contributed by atoms with Gasteiger partial charge < -0.3 is 15.2 Å². The Morgan fingerprint density at radius 1 is 0.923 bits per heavy atom. The number of aryl methyl sites for hydroxylation is 2. The van der Waals surface area contributed by atoms with Crippen molar-refractivity contribution in [1.29, 1.82) is 0 Å². The number of halogens is 4.